The van der Waals surface area contributed by atoms with Crippen molar-refractivity contribution in [3.63, 3.8) is 0 Å². The Morgan fingerprint density at radius 3 is 2.61 bits per heavy atom. The average molecular weight is 253 g/mol. The summed E-state index contributed by atoms with van der Waals surface area (Å²) in [6.07, 6.45) is 3.51. The van der Waals surface area contributed by atoms with Gasteiger partial charge in [-0.3, -0.25) is 9.69 Å². The lowest BCUT2D eigenvalue weighted by atomic mass is 10.0. The number of hydrogen-bond acceptors (Lipinski definition) is 3. The lowest BCUT2D eigenvalue weighted by Crippen LogP contribution is -2.45. The summed E-state index contributed by atoms with van der Waals surface area (Å²) in [5, 5.41) is 6.50. The largest absolute Gasteiger partial charge is 0.355 e. The fourth-order valence-electron chi connectivity index (χ4n) is 3.11. The standard InChI is InChI=1S/C14H27N3O/c1-3-4-5-6-16-14(18)11(2)17-9-12-7-15-8-13(12)10-17/h11-13,15H,3-10H2,1-2H3,(H,16,18). The van der Waals surface area contributed by atoms with Gasteiger partial charge in [0, 0.05) is 19.6 Å². The number of amides is 1. The van der Waals surface area contributed by atoms with Crippen molar-refractivity contribution in [2.45, 2.75) is 39.2 Å². The van der Waals surface area contributed by atoms with Crippen molar-refractivity contribution in [3.05, 3.63) is 0 Å². The summed E-state index contributed by atoms with van der Waals surface area (Å²) < 4.78 is 0. The molecule has 0 aromatic rings. The van der Waals surface area contributed by atoms with E-state index in [-0.39, 0.29) is 11.9 Å². The molecule has 18 heavy (non-hydrogen) atoms. The summed E-state index contributed by atoms with van der Waals surface area (Å²) in [7, 11) is 0. The van der Waals surface area contributed by atoms with Crippen LogP contribution in [0.4, 0.5) is 0 Å². The van der Waals surface area contributed by atoms with E-state index in [1.807, 2.05) is 6.92 Å². The Hall–Kier alpha value is -0.610. The Balaban J connectivity index is 1.70. The lowest BCUT2D eigenvalue weighted by Gasteiger charge is -2.24. The van der Waals surface area contributed by atoms with E-state index in [4.69, 9.17) is 0 Å². The highest BCUT2D eigenvalue weighted by Gasteiger charge is 2.39. The molecule has 0 saturated carbocycles. The minimum atomic E-state index is 0.0391. The quantitative estimate of drug-likeness (QED) is 0.689. The van der Waals surface area contributed by atoms with E-state index in [2.05, 4.69) is 22.5 Å². The third-order valence-electron chi connectivity index (χ3n) is 4.42. The Kier molecular flexibility index (Phi) is 5.01. The number of nitrogens with zero attached hydrogens (tertiary/aromatic N) is 1. The zero-order valence-electron chi connectivity index (χ0n) is 11.7. The fraction of sp³-hybridized carbons (Fsp3) is 0.929. The van der Waals surface area contributed by atoms with Crippen molar-refractivity contribution >= 4 is 5.91 Å². The minimum Gasteiger partial charge on any atom is -0.355 e. The molecule has 3 atom stereocenters. The average Bonchev–Trinajstić information content (AvgIpc) is 2.94. The molecule has 0 spiro atoms. The van der Waals surface area contributed by atoms with Gasteiger partial charge in [-0.25, -0.2) is 0 Å². The van der Waals surface area contributed by atoms with E-state index in [1.165, 1.54) is 12.8 Å². The second-order valence-electron chi connectivity index (χ2n) is 5.81. The molecule has 2 rings (SSSR count). The molecule has 3 unspecified atom stereocenters. The van der Waals surface area contributed by atoms with E-state index in [0.29, 0.717) is 0 Å². The van der Waals surface area contributed by atoms with Gasteiger partial charge in [0.15, 0.2) is 0 Å². The number of fused-ring (bicyclic) bond motifs is 1. The minimum absolute atomic E-state index is 0.0391. The molecule has 0 aliphatic carbocycles. The highest BCUT2D eigenvalue weighted by Crippen LogP contribution is 2.27. The first-order valence-corrected chi connectivity index (χ1v) is 7.44. The van der Waals surface area contributed by atoms with Gasteiger partial charge < -0.3 is 10.6 Å². The van der Waals surface area contributed by atoms with Gasteiger partial charge in [0.2, 0.25) is 5.91 Å². The van der Waals surface area contributed by atoms with Crippen LogP contribution in [0.5, 0.6) is 0 Å². The predicted octanol–water partition coefficient (Wildman–Crippen LogP) is 0.833. The van der Waals surface area contributed by atoms with Crippen LogP contribution in [0, 0.1) is 11.8 Å². The number of hydrogen-bond donors (Lipinski definition) is 2. The maximum Gasteiger partial charge on any atom is 0.237 e. The normalized spacial score (nSPS) is 29.2. The van der Waals surface area contributed by atoms with Crippen LogP contribution in [-0.4, -0.2) is 49.6 Å². The van der Waals surface area contributed by atoms with Crippen molar-refractivity contribution in [1.82, 2.24) is 15.5 Å². The molecule has 0 aromatic heterocycles. The van der Waals surface area contributed by atoms with E-state index in [1.54, 1.807) is 0 Å². The summed E-state index contributed by atoms with van der Waals surface area (Å²) >= 11 is 0. The molecule has 2 fully saturated rings. The van der Waals surface area contributed by atoms with Gasteiger partial charge in [0.1, 0.15) is 0 Å². The molecule has 2 saturated heterocycles. The summed E-state index contributed by atoms with van der Waals surface area (Å²) in [5.41, 5.74) is 0. The first-order chi connectivity index (χ1) is 8.72. The van der Waals surface area contributed by atoms with Gasteiger partial charge in [-0.05, 0) is 38.3 Å². The molecule has 4 nitrogen and oxygen atoms in total. The van der Waals surface area contributed by atoms with Crippen LogP contribution in [0.15, 0.2) is 0 Å². The van der Waals surface area contributed by atoms with Gasteiger partial charge in [-0.1, -0.05) is 19.8 Å². The molecule has 2 heterocycles. The highest BCUT2D eigenvalue weighted by molar-refractivity contribution is 5.81. The van der Waals surface area contributed by atoms with Gasteiger partial charge >= 0.3 is 0 Å². The third-order valence-corrected chi connectivity index (χ3v) is 4.42. The van der Waals surface area contributed by atoms with Gasteiger partial charge in [-0.2, -0.15) is 0 Å². The predicted molar refractivity (Wildman–Crippen MR) is 73.4 cm³/mol. The van der Waals surface area contributed by atoms with E-state index in [9.17, 15) is 4.79 Å². The maximum atomic E-state index is 12.0. The maximum absolute atomic E-state index is 12.0. The Morgan fingerprint density at radius 2 is 2.00 bits per heavy atom. The number of rotatable bonds is 6. The Morgan fingerprint density at radius 1 is 1.33 bits per heavy atom. The second kappa shape index (κ2) is 6.53. The van der Waals surface area contributed by atoms with Crippen LogP contribution in [0.2, 0.25) is 0 Å². The third kappa shape index (κ3) is 3.23. The van der Waals surface area contributed by atoms with Crippen molar-refractivity contribution in [1.29, 1.82) is 0 Å². The summed E-state index contributed by atoms with van der Waals surface area (Å²) in [4.78, 5) is 14.4. The topological polar surface area (TPSA) is 44.4 Å². The van der Waals surface area contributed by atoms with Crippen LogP contribution in [0.3, 0.4) is 0 Å². The zero-order valence-corrected chi connectivity index (χ0v) is 11.7. The second-order valence-corrected chi connectivity index (χ2v) is 5.81. The van der Waals surface area contributed by atoms with Gasteiger partial charge in [0.25, 0.3) is 0 Å². The van der Waals surface area contributed by atoms with Crippen molar-refractivity contribution in [2.75, 3.05) is 32.7 Å². The molecule has 2 aliphatic heterocycles. The molecule has 4 heteroatoms. The van der Waals surface area contributed by atoms with Crippen LogP contribution in [0.1, 0.15) is 33.1 Å². The smallest absolute Gasteiger partial charge is 0.237 e. The van der Waals surface area contributed by atoms with Crippen LogP contribution in [-0.2, 0) is 4.79 Å². The molecule has 1 amide bonds. The van der Waals surface area contributed by atoms with Crippen LogP contribution < -0.4 is 10.6 Å². The molecule has 0 bridgehead atoms. The Bertz CT molecular complexity index is 270. The van der Waals surface area contributed by atoms with Crippen molar-refractivity contribution in [3.8, 4) is 0 Å². The van der Waals surface area contributed by atoms with E-state index in [0.717, 1.165) is 51.0 Å². The molecule has 2 N–H and O–H groups in total. The molecule has 0 radical (unpaired) electrons. The molecule has 104 valence electrons. The van der Waals surface area contributed by atoms with E-state index >= 15 is 0 Å². The number of nitrogens with one attached hydrogen (secondary N) is 2. The number of likely N-dealkylation sites (tertiary alicyclic amines) is 1. The van der Waals surface area contributed by atoms with Crippen LogP contribution >= 0.6 is 0 Å². The fourth-order valence-corrected chi connectivity index (χ4v) is 3.11. The first kappa shape index (κ1) is 13.8. The van der Waals surface area contributed by atoms with Gasteiger partial charge in [-0.15, -0.1) is 0 Å². The first-order valence-electron chi connectivity index (χ1n) is 7.44. The summed E-state index contributed by atoms with van der Waals surface area (Å²) in [5.74, 6) is 1.74. The molecule has 0 aromatic carbocycles. The van der Waals surface area contributed by atoms with Crippen LogP contribution in [0.25, 0.3) is 0 Å². The lowest BCUT2D eigenvalue weighted by molar-refractivity contribution is -0.125. The van der Waals surface area contributed by atoms with Crippen molar-refractivity contribution in [2.24, 2.45) is 11.8 Å². The number of carbonyl (C=O) groups excluding carboxylic acids is 1. The molecular formula is C14H27N3O. The van der Waals surface area contributed by atoms with Crippen molar-refractivity contribution < 1.29 is 4.79 Å². The monoisotopic (exact) mass is 253 g/mol. The highest BCUT2D eigenvalue weighted by atomic mass is 16.2. The number of unbranched alkanes of at least 4 members (excludes halogenated alkanes) is 2. The van der Waals surface area contributed by atoms with Gasteiger partial charge in [0.05, 0.1) is 6.04 Å². The summed E-state index contributed by atoms with van der Waals surface area (Å²) in [6.45, 7) is 9.49. The Labute approximate surface area is 110 Å². The van der Waals surface area contributed by atoms with E-state index < -0.39 is 0 Å². The number of carbonyl (C=O) groups is 1. The molecule has 2 aliphatic rings. The zero-order chi connectivity index (χ0) is 13.0. The summed E-state index contributed by atoms with van der Waals surface area (Å²) in [6, 6.07) is 0.0391. The molecular weight excluding hydrogens is 226 g/mol. The SMILES string of the molecule is CCCCCNC(=O)C(C)N1CC2CNCC2C1.